The van der Waals surface area contributed by atoms with Gasteiger partial charge in [-0.3, -0.25) is 4.90 Å². The first-order valence-electron chi connectivity index (χ1n) is 7.15. The molecule has 0 aliphatic carbocycles. The van der Waals surface area contributed by atoms with Crippen molar-refractivity contribution >= 4 is 11.8 Å². The van der Waals surface area contributed by atoms with Crippen LogP contribution in [0.1, 0.15) is 18.0 Å². The van der Waals surface area contributed by atoms with Gasteiger partial charge in [0.1, 0.15) is 0 Å². The highest BCUT2D eigenvalue weighted by atomic mass is 32.2. The second-order valence-corrected chi connectivity index (χ2v) is 6.72. The van der Waals surface area contributed by atoms with Crippen LogP contribution < -0.4 is 5.73 Å². The number of benzene rings is 1. The Morgan fingerprint density at radius 3 is 3.00 bits per heavy atom. The highest BCUT2D eigenvalue weighted by Crippen LogP contribution is 2.40. The molecule has 0 spiro atoms. The molecular formula is C15H23N3S. The third kappa shape index (κ3) is 2.68. The zero-order valence-electron chi connectivity index (χ0n) is 11.6. The van der Waals surface area contributed by atoms with E-state index in [-0.39, 0.29) is 0 Å². The first-order chi connectivity index (χ1) is 9.29. The minimum Gasteiger partial charge on any atom is -0.329 e. The fourth-order valence-corrected chi connectivity index (χ4v) is 4.42. The molecule has 3 nitrogen and oxygen atoms in total. The molecular weight excluding hydrogens is 254 g/mol. The van der Waals surface area contributed by atoms with Crippen LogP contribution in [0.25, 0.3) is 0 Å². The van der Waals surface area contributed by atoms with Crippen molar-refractivity contribution in [2.24, 2.45) is 5.73 Å². The van der Waals surface area contributed by atoms with Crippen LogP contribution in [0.5, 0.6) is 0 Å². The number of piperazine rings is 1. The number of hydrogen-bond donors (Lipinski definition) is 1. The van der Waals surface area contributed by atoms with E-state index in [0.29, 0.717) is 12.1 Å². The highest BCUT2D eigenvalue weighted by molar-refractivity contribution is 7.99. The van der Waals surface area contributed by atoms with E-state index in [0.717, 1.165) is 26.2 Å². The van der Waals surface area contributed by atoms with Gasteiger partial charge in [0.05, 0.1) is 0 Å². The average Bonchev–Trinajstić information content (AvgIpc) is 2.46. The maximum atomic E-state index is 6.01. The smallest absolute Gasteiger partial charge is 0.0371 e. The molecule has 0 bridgehead atoms. The van der Waals surface area contributed by atoms with Gasteiger partial charge in [-0.25, -0.2) is 0 Å². The Balaban J connectivity index is 1.86. The van der Waals surface area contributed by atoms with Crippen molar-refractivity contribution in [2.45, 2.75) is 23.4 Å². The predicted octanol–water partition coefficient (Wildman–Crippen LogP) is 1.80. The molecule has 1 fully saturated rings. The van der Waals surface area contributed by atoms with Crippen LogP contribution in [0, 0.1) is 0 Å². The second kappa shape index (κ2) is 5.83. The van der Waals surface area contributed by atoms with E-state index in [1.54, 1.807) is 0 Å². The molecule has 2 aliphatic heterocycles. The normalized spacial score (nSPS) is 29.2. The number of nitrogens with two attached hydrogens (primary N) is 1. The third-order valence-corrected chi connectivity index (χ3v) is 5.45. The molecule has 2 heterocycles. The second-order valence-electron chi connectivity index (χ2n) is 5.58. The molecule has 2 atom stereocenters. The van der Waals surface area contributed by atoms with E-state index >= 15 is 0 Å². The molecule has 0 amide bonds. The largest absolute Gasteiger partial charge is 0.329 e. The summed E-state index contributed by atoms with van der Waals surface area (Å²) in [6, 6.07) is 9.96. The van der Waals surface area contributed by atoms with Crippen molar-refractivity contribution < 1.29 is 0 Å². The minimum absolute atomic E-state index is 0.500. The number of hydrogen-bond acceptors (Lipinski definition) is 4. The number of likely N-dealkylation sites (N-methyl/N-ethyl adjacent to an activating group) is 1. The lowest BCUT2D eigenvalue weighted by molar-refractivity contribution is 0.0526. The van der Waals surface area contributed by atoms with E-state index in [4.69, 9.17) is 5.73 Å². The first-order valence-corrected chi connectivity index (χ1v) is 8.14. The molecule has 2 N–H and O–H groups in total. The summed E-state index contributed by atoms with van der Waals surface area (Å²) in [6.07, 6.45) is 1.25. The Hall–Kier alpha value is -0.550. The minimum atomic E-state index is 0.500. The molecule has 3 rings (SSSR count). The summed E-state index contributed by atoms with van der Waals surface area (Å²) in [4.78, 5) is 6.52. The molecule has 19 heavy (non-hydrogen) atoms. The Labute approximate surface area is 120 Å². The van der Waals surface area contributed by atoms with Crippen LogP contribution in [-0.2, 0) is 0 Å². The fraction of sp³-hybridized carbons (Fsp3) is 0.600. The summed E-state index contributed by atoms with van der Waals surface area (Å²) < 4.78 is 0. The van der Waals surface area contributed by atoms with Crippen LogP contribution in [0.15, 0.2) is 29.2 Å². The van der Waals surface area contributed by atoms with Gasteiger partial charge in [0.2, 0.25) is 0 Å². The van der Waals surface area contributed by atoms with Crippen molar-refractivity contribution in [3.05, 3.63) is 29.8 Å². The molecule has 4 heteroatoms. The van der Waals surface area contributed by atoms with Gasteiger partial charge >= 0.3 is 0 Å². The topological polar surface area (TPSA) is 32.5 Å². The van der Waals surface area contributed by atoms with Gasteiger partial charge < -0.3 is 10.6 Å². The standard InChI is InChI=1S/C15H23N3S/c1-17-7-8-18(12(10-16)11-17)14-6-9-19-15-5-3-2-4-13(14)15/h2-5,12,14H,6-11,16H2,1H3. The lowest BCUT2D eigenvalue weighted by Gasteiger charge is -2.45. The lowest BCUT2D eigenvalue weighted by Crippen LogP contribution is -2.56. The quantitative estimate of drug-likeness (QED) is 0.893. The van der Waals surface area contributed by atoms with Gasteiger partial charge in [-0.2, -0.15) is 0 Å². The lowest BCUT2D eigenvalue weighted by atomic mass is 9.98. The van der Waals surface area contributed by atoms with Crippen LogP contribution in [0.2, 0.25) is 0 Å². The molecule has 1 aromatic rings. The summed E-state index contributed by atoms with van der Waals surface area (Å²) >= 11 is 2.00. The van der Waals surface area contributed by atoms with Gasteiger partial charge in [-0.05, 0) is 30.9 Å². The SMILES string of the molecule is CN1CCN(C2CCSc3ccccc32)C(CN)C1. The van der Waals surface area contributed by atoms with Gasteiger partial charge in [0.15, 0.2) is 0 Å². The maximum Gasteiger partial charge on any atom is 0.0371 e. The van der Waals surface area contributed by atoms with E-state index in [2.05, 4.69) is 41.1 Å². The zero-order valence-corrected chi connectivity index (χ0v) is 12.4. The van der Waals surface area contributed by atoms with Crippen molar-refractivity contribution in [3.63, 3.8) is 0 Å². The van der Waals surface area contributed by atoms with E-state index in [1.165, 1.54) is 22.6 Å². The number of thioether (sulfide) groups is 1. The predicted molar refractivity (Wildman–Crippen MR) is 81.6 cm³/mol. The van der Waals surface area contributed by atoms with Gasteiger partial charge in [0, 0.05) is 43.2 Å². The zero-order chi connectivity index (χ0) is 13.2. The van der Waals surface area contributed by atoms with Crippen LogP contribution in [-0.4, -0.2) is 54.8 Å². The Morgan fingerprint density at radius 2 is 2.16 bits per heavy atom. The van der Waals surface area contributed by atoms with Gasteiger partial charge in [-0.15, -0.1) is 11.8 Å². The van der Waals surface area contributed by atoms with Crippen LogP contribution in [0.4, 0.5) is 0 Å². The summed E-state index contributed by atoms with van der Waals surface area (Å²) in [5, 5.41) is 0. The van der Waals surface area contributed by atoms with Crippen LogP contribution >= 0.6 is 11.8 Å². The molecule has 0 aromatic heterocycles. The van der Waals surface area contributed by atoms with Crippen molar-refractivity contribution in [1.29, 1.82) is 0 Å². The Bertz CT molecular complexity index is 437. The molecule has 0 radical (unpaired) electrons. The molecule has 2 unspecified atom stereocenters. The fourth-order valence-electron chi connectivity index (χ4n) is 3.31. The average molecular weight is 277 g/mol. The number of nitrogens with zero attached hydrogens (tertiary/aromatic N) is 2. The van der Waals surface area contributed by atoms with E-state index < -0.39 is 0 Å². The monoisotopic (exact) mass is 277 g/mol. The number of rotatable bonds is 2. The van der Waals surface area contributed by atoms with Gasteiger partial charge in [-0.1, -0.05) is 18.2 Å². The van der Waals surface area contributed by atoms with Crippen LogP contribution in [0.3, 0.4) is 0 Å². The van der Waals surface area contributed by atoms with Crippen molar-refractivity contribution in [3.8, 4) is 0 Å². The first kappa shape index (κ1) is 13.4. The summed E-state index contributed by atoms with van der Waals surface area (Å²) in [5.41, 5.74) is 7.52. The van der Waals surface area contributed by atoms with Gasteiger partial charge in [0.25, 0.3) is 0 Å². The number of fused-ring (bicyclic) bond motifs is 1. The van der Waals surface area contributed by atoms with E-state index in [1.807, 2.05) is 11.8 Å². The van der Waals surface area contributed by atoms with E-state index in [9.17, 15) is 0 Å². The molecule has 104 valence electrons. The summed E-state index contributed by atoms with van der Waals surface area (Å²) in [5.74, 6) is 1.23. The maximum absolute atomic E-state index is 6.01. The third-order valence-electron chi connectivity index (χ3n) is 4.33. The Kier molecular flexibility index (Phi) is 4.12. The Morgan fingerprint density at radius 1 is 1.32 bits per heavy atom. The van der Waals surface area contributed by atoms with Crippen molar-refractivity contribution in [2.75, 3.05) is 39.0 Å². The molecule has 1 saturated heterocycles. The van der Waals surface area contributed by atoms with Crippen molar-refractivity contribution in [1.82, 2.24) is 9.80 Å². The molecule has 1 aromatic carbocycles. The summed E-state index contributed by atoms with van der Waals surface area (Å²) in [6.45, 7) is 4.16. The highest BCUT2D eigenvalue weighted by Gasteiger charge is 2.33. The molecule has 2 aliphatic rings. The summed E-state index contributed by atoms with van der Waals surface area (Å²) in [7, 11) is 2.20. The molecule has 0 saturated carbocycles.